The lowest BCUT2D eigenvalue weighted by Gasteiger charge is -2.07. The summed E-state index contributed by atoms with van der Waals surface area (Å²) in [6, 6.07) is 2.65. The van der Waals surface area contributed by atoms with Crippen LogP contribution in [-0.4, -0.2) is 11.7 Å². The highest BCUT2D eigenvalue weighted by molar-refractivity contribution is 9.10. The van der Waals surface area contributed by atoms with Gasteiger partial charge in [0.2, 0.25) is 0 Å². The number of rotatable bonds is 3. The number of benzene rings is 1. The van der Waals surface area contributed by atoms with Gasteiger partial charge in [-0.3, -0.25) is 0 Å². The molecule has 0 saturated carbocycles. The van der Waals surface area contributed by atoms with Crippen molar-refractivity contribution in [2.45, 2.75) is 13.3 Å². The first-order valence-electron chi connectivity index (χ1n) is 3.96. The third-order valence-corrected chi connectivity index (χ3v) is 2.26. The summed E-state index contributed by atoms with van der Waals surface area (Å²) in [6.45, 7) is 2.51. The van der Waals surface area contributed by atoms with Crippen LogP contribution in [-0.2, 0) is 0 Å². The number of phenolic OH excluding ortho intramolecular Hbond substituents is 1. The van der Waals surface area contributed by atoms with Crippen LogP contribution in [0.1, 0.15) is 13.3 Å². The summed E-state index contributed by atoms with van der Waals surface area (Å²) < 4.78 is 18.3. The molecule has 0 atom stereocenters. The molecule has 0 amide bonds. The molecule has 0 heterocycles. The van der Waals surface area contributed by atoms with Gasteiger partial charge >= 0.3 is 0 Å². The molecule has 0 aliphatic carbocycles. The number of phenols is 1. The minimum Gasteiger partial charge on any atom is -0.504 e. The Labute approximate surface area is 84.5 Å². The van der Waals surface area contributed by atoms with Crippen LogP contribution in [0.5, 0.6) is 11.5 Å². The highest BCUT2D eigenvalue weighted by Crippen LogP contribution is 2.35. The average molecular weight is 249 g/mol. The maximum absolute atomic E-state index is 12.7. The molecule has 0 saturated heterocycles. The molecule has 1 aromatic rings. The molecule has 0 bridgehead atoms. The van der Waals surface area contributed by atoms with Crippen LogP contribution in [0, 0.1) is 5.82 Å². The van der Waals surface area contributed by atoms with Crippen LogP contribution in [0.15, 0.2) is 16.6 Å². The van der Waals surface area contributed by atoms with Crippen molar-refractivity contribution >= 4 is 15.9 Å². The molecule has 0 aromatic heterocycles. The Hall–Kier alpha value is -0.770. The Kier molecular flexibility index (Phi) is 3.54. The van der Waals surface area contributed by atoms with Gasteiger partial charge in [0.15, 0.2) is 11.6 Å². The van der Waals surface area contributed by atoms with Crippen LogP contribution < -0.4 is 4.74 Å². The Balaban J connectivity index is 2.90. The van der Waals surface area contributed by atoms with Crippen LogP contribution in [0.2, 0.25) is 0 Å². The molecule has 1 rings (SSSR count). The Morgan fingerprint density at radius 2 is 2.23 bits per heavy atom. The highest BCUT2D eigenvalue weighted by Gasteiger charge is 2.10. The molecule has 72 valence electrons. The van der Waals surface area contributed by atoms with E-state index in [1.165, 1.54) is 12.1 Å². The molecule has 0 aliphatic heterocycles. The highest BCUT2D eigenvalue weighted by atomic mass is 79.9. The normalized spacial score (nSPS) is 10.1. The standard InChI is InChI=1S/C9H10BrFO2/c1-2-5-13-7-4-3-6(11)9(12)8(7)10/h3-4,12H,2,5H2,1H3. The topological polar surface area (TPSA) is 29.5 Å². The van der Waals surface area contributed by atoms with Crippen LogP contribution in [0.4, 0.5) is 4.39 Å². The molecule has 1 N–H and O–H groups in total. The van der Waals surface area contributed by atoms with E-state index in [1.54, 1.807) is 0 Å². The first-order chi connectivity index (χ1) is 6.16. The number of hydrogen-bond acceptors (Lipinski definition) is 2. The summed E-state index contributed by atoms with van der Waals surface area (Å²) in [5.41, 5.74) is 0. The lowest BCUT2D eigenvalue weighted by atomic mass is 10.3. The van der Waals surface area contributed by atoms with Gasteiger partial charge in [-0.25, -0.2) is 4.39 Å². The maximum Gasteiger partial charge on any atom is 0.169 e. The van der Waals surface area contributed by atoms with E-state index in [4.69, 9.17) is 4.74 Å². The van der Waals surface area contributed by atoms with Crippen LogP contribution >= 0.6 is 15.9 Å². The Morgan fingerprint density at radius 1 is 1.54 bits per heavy atom. The second-order valence-electron chi connectivity index (χ2n) is 2.56. The number of aromatic hydroxyl groups is 1. The van der Waals surface area contributed by atoms with Crippen molar-refractivity contribution in [3.05, 3.63) is 22.4 Å². The second kappa shape index (κ2) is 4.46. The van der Waals surface area contributed by atoms with Crippen molar-refractivity contribution in [3.8, 4) is 11.5 Å². The molecule has 0 unspecified atom stereocenters. The fraction of sp³-hybridized carbons (Fsp3) is 0.333. The molecule has 0 radical (unpaired) electrons. The van der Waals surface area contributed by atoms with Crippen molar-refractivity contribution in [3.63, 3.8) is 0 Å². The van der Waals surface area contributed by atoms with Gasteiger partial charge in [-0.05, 0) is 34.5 Å². The van der Waals surface area contributed by atoms with Gasteiger partial charge in [-0.15, -0.1) is 0 Å². The average Bonchev–Trinajstić information content (AvgIpc) is 2.13. The first kappa shape index (κ1) is 10.3. The minimum absolute atomic E-state index is 0.265. The summed E-state index contributed by atoms with van der Waals surface area (Å²) in [6.07, 6.45) is 0.866. The molecule has 2 nitrogen and oxygen atoms in total. The lowest BCUT2D eigenvalue weighted by molar-refractivity contribution is 0.311. The molecular formula is C9H10BrFO2. The van der Waals surface area contributed by atoms with Gasteiger partial charge < -0.3 is 9.84 Å². The smallest absolute Gasteiger partial charge is 0.169 e. The van der Waals surface area contributed by atoms with E-state index in [-0.39, 0.29) is 4.47 Å². The fourth-order valence-corrected chi connectivity index (χ4v) is 1.28. The third-order valence-electron chi connectivity index (χ3n) is 1.49. The van der Waals surface area contributed by atoms with Crippen molar-refractivity contribution < 1.29 is 14.2 Å². The zero-order chi connectivity index (χ0) is 9.84. The predicted molar refractivity (Wildman–Crippen MR) is 51.6 cm³/mol. The summed E-state index contributed by atoms with van der Waals surface area (Å²) in [4.78, 5) is 0. The quantitative estimate of drug-likeness (QED) is 0.891. The van der Waals surface area contributed by atoms with E-state index in [9.17, 15) is 9.50 Å². The largest absolute Gasteiger partial charge is 0.504 e. The summed E-state index contributed by atoms with van der Waals surface area (Å²) in [7, 11) is 0. The van der Waals surface area contributed by atoms with E-state index < -0.39 is 11.6 Å². The summed E-state index contributed by atoms with van der Waals surface area (Å²) in [5, 5.41) is 9.18. The molecule has 1 aromatic carbocycles. The van der Waals surface area contributed by atoms with Crippen molar-refractivity contribution in [2.24, 2.45) is 0 Å². The molecule has 0 spiro atoms. The van der Waals surface area contributed by atoms with Crippen molar-refractivity contribution in [2.75, 3.05) is 6.61 Å². The SMILES string of the molecule is CCCOc1ccc(F)c(O)c1Br. The van der Waals surface area contributed by atoms with Crippen LogP contribution in [0.25, 0.3) is 0 Å². The third kappa shape index (κ3) is 2.34. The minimum atomic E-state index is -0.657. The maximum atomic E-state index is 12.7. The number of hydrogen-bond donors (Lipinski definition) is 1. The lowest BCUT2D eigenvalue weighted by Crippen LogP contribution is -1.96. The number of halogens is 2. The van der Waals surface area contributed by atoms with E-state index in [0.29, 0.717) is 12.4 Å². The first-order valence-corrected chi connectivity index (χ1v) is 4.76. The van der Waals surface area contributed by atoms with Gasteiger partial charge in [0, 0.05) is 0 Å². The van der Waals surface area contributed by atoms with E-state index in [2.05, 4.69) is 15.9 Å². The van der Waals surface area contributed by atoms with Crippen molar-refractivity contribution in [1.82, 2.24) is 0 Å². The molecule has 0 fully saturated rings. The van der Waals surface area contributed by atoms with Crippen LogP contribution in [0.3, 0.4) is 0 Å². The Bertz CT molecular complexity index is 302. The van der Waals surface area contributed by atoms with Crippen molar-refractivity contribution in [1.29, 1.82) is 0 Å². The zero-order valence-corrected chi connectivity index (χ0v) is 8.77. The monoisotopic (exact) mass is 248 g/mol. The van der Waals surface area contributed by atoms with Gasteiger partial charge in [0.25, 0.3) is 0 Å². The summed E-state index contributed by atoms with van der Waals surface area (Å²) >= 11 is 3.05. The number of ether oxygens (including phenoxy) is 1. The van der Waals surface area contributed by atoms with Gasteiger partial charge in [0.1, 0.15) is 10.2 Å². The Morgan fingerprint density at radius 3 is 2.85 bits per heavy atom. The van der Waals surface area contributed by atoms with E-state index in [1.807, 2.05) is 6.92 Å². The van der Waals surface area contributed by atoms with Gasteiger partial charge in [-0.1, -0.05) is 6.92 Å². The molecule has 13 heavy (non-hydrogen) atoms. The zero-order valence-electron chi connectivity index (χ0n) is 7.18. The van der Waals surface area contributed by atoms with Gasteiger partial charge in [-0.2, -0.15) is 0 Å². The molecule has 0 aliphatic rings. The van der Waals surface area contributed by atoms with E-state index >= 15 is 0 Å². The van der Waals surface area contributed by atoms with Gasteiger partial charge in [0.05, 0.1) is 6.61 Å². The van der Waals surface area contributed by atoms with E-state index in [0.717, 1.165) is 6.42 Å². The summed E-state index contributed by atoms with van der Waals surface area (Å²) in [5.74, 6) is -0.606. The fourth-order valence-electron chi connectivity index (χ4n) is 0.846. The second-order valence-corrected chi connectivity index (χ2v) is 3.35. The molecule has 4 heteroatoms. The predicted octanol–water partition coefficient (Wildman–Crippen LogP) is 3.08. The molecular weight excluding hydrogens is 239 g/mol.